The molecule has 2 aromatic carbocycles. The van der Waals surface area contributed by atoms with E-state index in [1.807, 2.05) is 6.07 Å². The number of nitriles is 2. The van der Waals surface area contributed by atoms with Gasteiger partial charge in [0.15, 0.2) is 5.82 Å². The Labute approximate surface area is 190 Å². The van der Waals surface area contributed by atoms with Gasteiger partial charge in [-0.05, 0) is 30.3 Å². The van der Waals surface area contributed by atoms with Crippen LogP contribution in [0.2, 0.25) is 0 Å². The lowest BCUT2D eigenvalue weighted by Gasteiger charge is -2.07. The van der Waals surface area contributed by atoms with Crippen molar-refractivity contribution >= 4 is 23.7 Å². The average molecular weight is 445 g/mol. The van der Waals surface area contributed by atoms with Gasteiger partial charge in [-0.25, -0.2) is 14.1 Å². The number of aliphatic imine (C=N–C) groups is 1. The minimum absolute atomic E-state index is 0.0192. The summed E-state index contributed by atoms with van der Waals surface area (Å²) in [4.78, 5) is 4.25. The lowest BCUT2D eigenvalue weighted by Crippen LogP contribution is -2.04. The Morgan fingerprint density at radius 3 is 2.61 bits per heavy atom. The van der Waals surface area contributed by atoms with Gasteiger partial charge in [0.25, 0.3) is 0 Å². The van der Waals surface area contributed by atoms with Crippen LogP contribution in [-0.2, 0) is 6.54 Å². The van der Waals surface area contributed by atoms with Crippen molar-refractivity contribution in [2.45, 2.75) is 6.54 Å². The summed E-state index contributed by atoms with van der Waals surface area (Å²) in [6.07, 6.45) is 2.80. The SMILES string of the molecule is COc1ccc(OC)c(/C=C(\C#N)c2nn(CCO)c(N=Cc3ccccc3F)c2C#N)c1. The van der Waals surface area contributed by atoms with Crippen LogP contribution in [-0.4, -0.2) is 41.9 Å². The fraction of sp³-hybridized carbons (Fsp3) is 0.167. The van der Waals surface area contributed by atoms with Crippen LogP contribution in [0.15, 0.2) is 47.5 Å². The summed E-state index contributed by atoms with van der Waals surface area (Å²) in [6, 6.07) is 15.2. The zero-order valence-corrected chi connectivity index (χ0v) is 18.0. The van der Waals surface area contributed by atoms with Crippen molar-refractivity contribution in [2.24, 2.45) is 4.99 Å². The topological polar surface area (TPSA) is 116 Å². The highest BCUT2D eigenvalue weighted by molar-refractivity contribution is 5.93. The van der Waals surface area contributed by atoms with E-state index in [2.05, 4.69) is 16.2 Å². The lowest BCUT2D eigenvalue weighted by molar-refractivity contribution is 0.270. The maximum Gasteiger partial charge on any atom is 0.169 e. The molecule has 1 aromatic heterocycles. The molecule has 8 nitrogen and oxygen atoms in total. The zero-order chi connectivity index (χ0) is 23.8. The van der Waals surface area contributed by atoms with Crippen molar-refractivity contribution < 1.29 is 19.0 Å². The quantitative estimate of drug-likeness (QED) is 0.417. The van der Waals surface area contributed by atoms with Crippen molar-refractivity contribution in [1.29, 1.82) is 10.5 Å². The molecule has 166 valence electrons. The van der Waals surface area contributed by atoms with E-state index in [0.717, 1.165) is 0 Å². The number of methoxy groups -OCH3 is 2. The molecule has 3 aromatic rings. The maximum atomic E-state index is 14.0. The number of nitrogens with zero attached hydrogens (tertiary/aromatic N) is 5. The van der Waals surface area contributed by atoms with Crippen LogP contribution in [0, 0.1) is 28.5 Å². The Hall–Kier alpha value is -4.47. The van der Waals surface area contributed by atoms with Crippen LogP contribution in [0.25, 0.3) is 11.6 Å². The van der Waals surface area contributed by atoms with Gasteiger partial charge in [-0.2, -0.15) is 15.6 Å². The predicted octanol–water partition coefficient (Wildman–Crippen LogP) is 3.72. The summed E-state index contributed by atoms with van der Waals surface area (Å²) in [5.74, 6) is 0.676. The molecule has 0 saturated carbocycles. The molecule has 0 atom stereocenters. The van der Waals surface area contributed by atoms with Crippen LogP contribution < -0.4 is 9.47 Å². The second kappa shape index (κ2) is 10.7. The molecule has 0 amide bonds. The molecule has 0 spiro atoms. The third-order valence-electron chi connectivity index (χ3n) is 4.69. The second-order valence-corrected chi connectivity index (χ2v) is 6.66. The van der Waals surface area contributed by atoms with Crippen LogP contribution in [0.1, 0.15) is 22.4 Å². The number of benzene rings is 2. The summed E-state index contributed by atoms with van der Waals surface area (Å²) in [5.41, 5.74) is 0.948. The molecule has 0 aliphatic heterocycles. The molecule has 0 aliphatic carbocycles. The highest BCUT2D eigenvalue weighted by Crippen LogP contribution is 2.32. The lowest BCUT2D eigenvalue weighted by atomic mass is 10.0. The number of rotatable bonds is 8. The minimum Gasteiger partial charge on any atom is -0.497 e. The number of hydrogen-bond donors (Lipinski definition) is 1. The Morgan fingerprint density at radius 2 is 1.97 bits per heavy atom. The first-order valence-corrected chi connectivity index (χ1v) is 9.80. The summed E-state index contributed by atoms with van der Waals surface area (Å²) >= 11 is 0. The van der Waals surface area contributed by atoms with Gasteiger partial charge < -0.3 is 14.6 Å². The molecular weight excluding hydrogens is 425 g/mol. The Morgan fingerprint density at radius 1 is 1.18 bits per heavy atom. The van der Waals surface area contributed by atoms with E-state index in [1.165, 1.54) is 43.3 Å². The predicted molar refractivity (Wildman–Crippen MR) is 121 cm³/mol. The molecule has 1 heterocycles. The highest BCUT2D eigenvalue weighted by Gasteiger charge is 2.21. The molecule has 0 fully saturated rings. The summed E-state index contributed by atoms with van der Waals surface area (Å²) in [5, 5.41) is 33.4. The highest BCUT2D eigenvalue weighted by atomic mass is 19.1. The number of halogens is 1. The van der Waals surface area contributed by atoms with E-state index in [0.29, 0.717) is 17.1 Å². The fourth-order valence-corrected chi connectivity index (χ4v) is 3.10. The molecule has 33 heavy (non-hydrogen) atoms. The maximum absolute atomic E-state index is 14.0. The summed E-state index contributed by atoms with van der Waals surface area (Å²) in [6.45, 7) is -0.247. The van der Waals surface area contributed by atoms with E-state index < -0.39 is 5.82 Å². The van der Waals surface area contributed by atoms with E-state index in [-0.39, 0.29) is 41.4 Å². The van der Waals surface area contributed by atoms with Crippen LogP contribution >= 0.6 is 0 Å². The first-order chi connectivity index (χ1) is 16.1. The number of allylic oxidation sites excluding steroid dienone is 1. The molecule has 0 aliphatic rings. The molecule has 0 unspecified atom stereocenters. The molecule has 0 radical (unpaired) electrons. The van der Waals surface area contributed by atoms with Crippen molar-refractivity contribution in [3.8, 4) is 23.6 Å². The molecular formula is C24H20FN5O3. The van der Waals surface area contributed by atoms with Crippen molar-refractivity contribution in [1.82, 2.24) is 9.78 Å². The number of aliphatic hydroxyl groups is 1. The first-order valence-electron chi connectivity index (χ1n) is 9.80. The first kappa shape index (κ1) is 23.2. The Balaban J connectivity index is 2.16. The summed E-state index contributed by atoms with van der Waals surface area (Å²) in [7, 11) is 3.02. The molecule has 0 bridgehead atoms. The monoisotopic (exact) mass is 445 g/mol. The zero-order valence-electron chi connectivity index (χ0n) is 18.0. The van der Waals surface area contributed by atoms with Crippen LogP contribution in [0.5, 0.6) is 11.5 Å². The average Bonchev–Trinajstić information content (AvgIpc) is 3.18. The molecule has 9 heteroatoms. The smallest absolute Gasteiger partial charge is 0.169 e. The van der Waals surface area contributed by atoms with E-state index in [1.54, 1.807) is 30.3 Å². The van der Waals surface area contributed by atoms with Gasteiger partial charge in [-0.15, -0.1) is 0 Å². The molecule has 0 saturated heterocycles. The second-order valence-electron chi connectivity index (χ2n) is 6.66. The standard InChI is InChI=1S/C24H20FN5O3/c1-32-19-7-8-22(33-2)17(12-19)11-18(13-26)23-20(14-27)24(30(29-23)9-10-31)28-15-16-5-3-4-6-21(16)25/h3-8,11-12,15,31H,9-10H2,1-2H3/b18-11+,28-15?. The minimum atomic E-state index is -0.476. The van der Waals surface area contributed by atoms with Crippen LogP contribution in [0.3, 0.4) is 0 Å². The van der Waals surface area contributed by atoms with Gasteiger partial charge >= 0.3 is 0 Å². The largest absolute Gasteiger partial charge is 0.497 e. The number of aliphatic hydroxyl groups excluding tert-OH is 1. The van der Waals surface area contributed by atoms with Crippen molar-refractivity contribution in [3.05, 3.63) is 70.7 Å². The van der Waals surface area contributed by atoms with Gasteiger partial charge in [-0.3, -0.25) is 0 Å². The van der Waals surface area contributed by atoms with Gasteiger partial charge in [-0.1, -0.05) is 18.2 Å². The van der Waals surface area contributed by atoms with Crippen molar-refractivity contribution in [2.75, 3.05) is 20.8 Å². The van der Waals surface area contributed by atoms with Gasteiger partial charge in [0, 0.05) is 17.3 Å². The molecule has 3 rings (SSSR count). The van der Waals surface area contributed by atoms with E-state index in [9.17, 15) is 20.0 Å². The fourth-order valence-electron chi connectivity index (χ4n) is 3.10. The van der Waals surface area contributed by atoms with Crippen LogP contribution in [0.4, 0.5) is 10.2 Å². The number of hydrogen-bond acceptors (Lipinski definition) is 7. The van der Waals surface area contributed by atoms with Gasteiger partial charge in [0.1, 0.15) is 40.7 Å². The normalized spacial score (nSPS) is 11.3. The third kappa shape index (κ3) is 5.06. The van der Waals surface area contributed by atoms with Gasteiger partial charge in [0.2, 0.25) is 0 Å². The Bertz CT molecular complexity index is 1300. The Kier molecular flexibility index (Phi) is 7.53. The van der Waals surface area contributed by atoms with Gasteiger partial charge in [0.05, 0.1) is 32.9 Å². The third-order valence-corrected chi connectivity index (χ3v) is 4.69. The summed E-state index contributed by atoms with van der Waals surface area (Å²) < 4.78 is 25.9. The number of aromatic nitrogens is 2. The van der Waals surface area contributed by atoms with E-state index >= 15 is 0 Å². The molecule has 1 N–H and O–H groups in total. The van der Waals surface area contributed by atoms with Crippen molar-refractivity contribution in [3.63, 3.8) is 0 Å². The number of ether oxygens (including phenoxy) is 2. The van der Waals surface area contributed by atoms with E-state index in [4.69, 9.17) is 9.47 Å².